The van der Waals surface area contributed by atoms with Crippen LogP contribution in [0.25, 0.3) is 0 Å². The number of amides is 1. The summed E-state index contributed by atoms with van der Waals surface area (Å²) in [4.78, 5) is 11.7. The normalized spacial score (nSPS) is 16.6. The van der Waals surface area contributed by atoms with Crippen molar-refractivity contribution < 1.29 is 9.18 Å². The van der Waals surface area contributed by atoms with Gasteiger partial charge in [0.05, 0.1) is 5.54 Å². The van der Waals surface area contributed by atoms with Crippen molar-refractivity contribution in [1.82, 2.24) is 5.32 Å². The summed E-state index contributed by atoms with van der Waals surface area (Å²) in [5.74, 6) is -0.382. The second-order valence-corrected chi connectivity index (χ2v) is 4.32. The van der Waals surface area contributed by atoms with Crippen molar-refractivity contribution in [2.45, 2.75) is 31.3 Å². The number of halogens is 2. The predicted molar refractivity (Wildman–Crippen MR) is 66.3 cm³/mol. The van der Waals surface area contributed by atoms with Gasteiger partial charge in [0.25, 0.3) is 0 Å². The van der Waals surface area contributed by atoms with Crippen LogP contribution in [0.4, 0.5) is 4.39 Å². The average Bonchev–Trinajstić information content (AvgIpc) is 2.24. The number of rotatable bonds is 3. The fourth-order valence-electron chi connectivity index (χ4n) is 1.75. The molecule has 2 rings (SSSR count). The Morgan fingerprint density at radius 2 is 1.94 bits per heavy atom. The zero-order chi connectivity index (χ0) is 11.6. The Balaban J connectivity index is 0.00000144. The number of hydrogen-bond donors (Lipinski definition) is 2. The summed E-state index contributed by atoms with van der Waals surface area (Å²) < 4.78 is 12.6. The summed E-state index contributed by atoms with van der Waals surface area (Å²) >= 11 is 0. The Morgan fingerprint density at radius 1 is 1.35 bits per heavy atom. The lowest BCUT2D eigenvalue weighted by molar-refractivity contribution is -0.129. The van der Waals surface area contributed by atoms with Gasteiger partial charge in [0.15, 0.2) is 0 Å². The lowest BCUT2D eigenvalue weighted by Gasteiger charge is -2.36. The number of nitrogens with one attached hydrogen (secondary N) is 1. The molecule has 1 aliphatic carbocycles. The molecule has 0 unspecified atom stereocenters. The van der Waals surface area contributed by atoms with Crippen molar-refractivity contribution in [2.75, 3.05) is 0 Å². The quantitative estimate of drug-likeness (QED) is 0.868. The number of carbonyl (C=O) groups excluding carboxylic acids is 1. The summed E-state index contributed by atoms with van der Waals surface area (Å²) in [6.45, 7) is 0.401. The molecule has 1 fully saturated rings. The molecule has 0 atom stereocenters. The van der Waals surface area contributed by atoms with Gasteiger partial charge in [0, 0.05) is 6.54 Å². The van der Waals surface area contributed by atoms with Gasteiger partial charge in [-0.3, -0.25) is 4.79 Å². The molecule has 1 aromatic rings. The molecule has 17 heavy (non-hydrogen) atoms. The first kappa shape index (κ1) is 13.9. The molecule has 0 bridgehead atoms. The molecule has 0 aromatic heterocycles. The van der Waals surface area contributed by atoms with Crippen molar-refractivity contribution in [2.24, 2.45) is 5.73 Å². The van der Waals surface area contributed by atoms with E-state index in [-0.39, 0.29) is 24.1 Å². The highest BCUT2D eigenvalue weighted by Crippen LogP contribution is 2.29. The van der Waals surface area contributed by atoms with Gasteiger partial charge >= 0.3 is 0 Å². The molecular weight excluding hydrogens is 243 g/mol. The first-order valence-corrected chi connectivity index (χ1v) is 5.42. The Kier molecular flexibility index (Phi) is 4.48. The van der Waals surface area contributed by atoms with Gasteiger partial charge < -0.3 is 11.1 Å². The van der Waals surface area contributed by atoms with Gasteiger partial charge in [-0.2, -0.15) is 0 Å². The minimum atomic E-state index is -0.667. The van der Waals surface area contributed by atoms with Crippen LogP contribution in [0.1, 0.15) is 24.8 Å². The highest BCUT2D eigenvalue weighted by molar-refractivity contribution is 5.86. The van der Waals surface area contributed by atoms with Crippen LogP contribution in [0.5, 0.6) is 0 Å². The summed E-state index contributed by atoms with van der Waals surface area (Å²) in [5.41, 5.74) is 6.07. The minimum absolute atomic E-state index is 0. The molecule has 5 heteroatoms. The van der Waals surface area contributed by atoms with E-state index in [1.54, 1.807) is 12.1 Å². The molecule has 1 aromatic carbocycles. The van der Waals surface area contributed by atoms with E-state index in [1.807, 2.05) is 0 Å². The zero-order valence-corrected chi connectivity index (χ0v) is 10.2. The van der Waals surface area contributed by atoms with Gasteiger partial charge in [0.2, 0.25) is 5.91 Å². The van der Waals surface area contributed by atoms with Gasteiger partial charge in [-0.1, -0.05) is 12.1 Å². The number of benzene rings is 1. The first-order valence-electron chi connectivity index (χ1n) is 5.42. The molecule has 1 aliphatic rings. The van der Waals surface area contributed by atoms with Crippen molar-refractivity contribution in [3.63, 3.8) is 0 Å². The smallest absolute Gasteiger partial charge is 0.240 e. The maximum atomic E-state index is 12.6. The predicted octanol–water partition coefficient (Wildman–Crippen LogP) is 1.75. The Hall–Kier alpha value is -1.13. The third-order valence-corrected chi connectivity index (χ3v) is 3.06. The van der Waals surface area contributed by atoms with Crippen molar-refractivity contribution in [1.29, 1.82) is 0 Å². The SMILES string of the molecule is Cl.NC1(C(=O)NCc2ccc(F)cc2)CCC1. The van der Waals surface area contributed by atoms with E-state index in [4.69, 9.17) is 5.73 Å². The third kappa shape index (κ3) is 3.17. The molecule has 0 radical (unpaired) electrons. The number of nitrogens with two attached hydrogens (primary N) is 1. The lowest BCUT2D eigenvalue weighted by Crippen LogP contribution is -2.58. The van der Waals surface area contributed by atoms with E-state index >= 15 is 0 Å². The molecule has 94 valence electrons. The molecular formula is C12H16ClFN2O. The summed E-state index contributed by atoms with van der Waals surface area (Å²) in [6.07, 6.45) is 2.52. The average molecular weight is 259 g/mol. The monoisotopic (exact) mass is 258 g/mol. The van der Waals surface area contributed by atoms with Crippen molar-refractivity contribution >= 4 is 18.3 Å². The molecule has 0 spiro atoms. The Bertz CT molecular complexity index is 390. The van der Waals surface area contributed by atoms with E-state index in [1.165, 1.54) is 12.1 Å². The Morgan fingerprint density at radius 3 is 2.41 bits per heavy atom. The maximum absolute atomic E-state index is 12.6. The highest BCUT2D eigenvalue weighted by atomic mass is 35.5. The first-order chi connectivity index (χ1) is 7.60. The van der Waals surface area contributed by atoms with E-state index in [9.17, 15) is 9.18 Å². The third-order valence-electron chi connectivity index (χ3n) is 3.06. The summed E-state index contributed by atoms with van der Waals surface area (Å²) in [6, 6.07) is 6.06. The van der Waals surface area contributed by atoms with Crippen molar-refractivity contribution in [3.8, 4) is 0 Å². The van der Waals surface area contributed by atoms with Gasteiger partial charge in [-0.05, 0) is 37.0 Å². The van der Waals surface area contributed by atoms with Crippen LogP contribution in [0.3, 0.4) is 0 Å². The molecule has 0 saturated heterocycles. The maximum Gasteiger partial charge on any atom is 0.240 e. The summed E-state index contributed by atoms with van der Waals surface area (Å²) in [7, 11) is 0. The Labute approximate surface area is 106 Å². The fourth-order valence-corrected chi connectivity index (χ4v) is 1.75. The van der Waals surface area contributed by atoms with Crippen LogP contribution < -0.4 is 11.1 Å². The second kappa shape index (κ2) is 5.47. The van der Waals surface area contributed by atoms with E-state index in [0.717, 1.165) is 24.8 Å². The van der Waals surface area contributed by atoms with E-state index in [0.29, 0.717) is 6.54 Å². The van der Waals surface area contributed by atoms with Gasteiger partial charge in [-0.15, -0.1) is 12.4 Å². The molecule has 0 heterocycles. The lowest BCUT2D eigenvalue weighted by atomic mass is 9.77. The molecule has 0 aliphatic heterocycles. The van der Waals surface area contributed by atoms with Gasteiger partial charge in [0.1, 0.15) is 5.82 Å². The van der Waals surface area contributed by atoms with Crippen LogP contribution in [0.15, 0.2) is 24.3 Å². The van der Waals surface area contributed by atoms with Crippen LogP contribution in [-0.4, -0.2) is 11.4 Å². The van der Waals surface area contributed by atoms with E-state index < -0.39 is 5.54 Å². The molecule has 3 N–H and O–H groups in total. The van der Waals surface area contributed by atoms with Crippen LogP contribution in [0.2, 0.25) is 0 Å². The highest BCUT2D eigenvalue weighted by Gasteiger charge is 2.39. The van der Waals surface area contributed by atoms with Crippen LogP contribution in [-0.2, 0) is 11.3 Å². The minimum Gasteiger partial charge on any atom is -0.350 e. The zero-order valence-electron chi connectivity index (χ0n) is 9.41. The van der Waals surface area contributed by atoms with Crippen molar-refractivity contribution in [3.05, 3.63) is 35.6 Å². The molecule has 3 nitrogen and oxygen atoms in total. The number of carbonyl (C=O) groups is 1. The van der Waals surface area contributed by atoms with E-state index in [2.05, 4.69) is 5.32 Å². The van der Waals surface area contributed by atoms with Crippen LogP contribution in [0, 0.1) is 5.82 Å². The topological polar surface area (TPSA) is 55.1 Å². The van der Waals surface area contributed by atoms with Gasteiger partial charge in [-0.25, -0.2) is 4.39 Å². The standard InChI is InChI=1S/C12H15FN2O.ClH/c13-10-4-2-9(3-5-10)8-15-11(16)12(14)6-1-7-12;/h2-5H,1,6-8,14H2,(H,15,16);1H. The molecule has 1 saturated carbocycles. The summed E-state index contributed by atoms with van der Waals surface area (Å²) in [5, 5.41) is 2.77. The van der Waals surface area contributed by atoms with Crippen LogP contribution >= 0.6 is 12.4 Å². The molecule has 1 amide bonds. The number of hydrogen-bond acceptors (Lipinski definition) is 2. The second-order valence-electron chi connectivity index (χ2n) is 4.32. The largest absolute Gasteiger partial charge is 0.350 e. The fraction of sp³-hybridized carbons (Fsp3) is 0.417.